The number of ether oxygens (including phenoxy) is 2. The maximum atomic E-state index is 12.9. The van der Waals surface area contributed by atoms with E-state index >= 15 is 0 Å². The number of aromatic nitrogens is 8. The summed E-state index contributed by atoms with van der Waals surface area (Å²) in [5.41, 5.74) is 12.4. The molecule has 62 heavy (non-hydrogen) atoms. The van der Waals surface area contributed by atoms with Gasteiger partial charge >= 0.3 is 118 Å². The molecule has 0 amide bonds. The molecule has 4 aromatic heterocycles. The molecule has 13 atom stereocenters. The van der Waals surface area contributed by atoms with Crippen LogP contribution in [-0.4, -0.2) is 127 Å². The van der Waals surface area contributed by atoms with Crippen molar-refractivity contribution in [3.63, 3.8) is 0 Å². The standard InChI is InChI=1S/C23H33ClN10O16P4S4.4Na/c1-57-22-29-15(25)9-17(31-22)33(5-27-9)19-13(37)11(35)7(47-19)3-45-53(43,55)49-51(39,40)21(24)52(41,42)50-54(44,56)46-4-8-12(36)14(38)20(48-8)34-6-28-10-16(26)30-23(58-2)32-18(10)34;;;;/h5-8,11-14,19-21,35-38H,3-4H2,1-2H3,(H,39,40)(H,41,42)(H,43,55)(H,44,56)(H2,25,29,31)(H2,26,30,32);;;;/q;4*+1/p-4/t7-,8-,11-,12-,13-,14-,19-,20-,21?,53?,54?;;;;/m1..../s1. The van der Waals surface area contributed by atoms with E-state index in [2.05, 4.69) is 62.6 Å². The molecule has 5 unspecified atom stereocenters. The number of nitrogens with two attached hydrogens (primary N) is 2. The van der Waals surface area contributed by atoms with Gasteiger partial charge in [0.05, 0.1) is 25.9 Å². The fraction of sp³-hybridized carbons (Fsp3) is 0.565. The number of hydrogen-bond acceptors (Lipinski definition) is 28. The van der Waals surface area contributed by atoms with E-state index in [-0.39, 0.29) is 163 Å². The van der Waals surface area contributed by atoms with E-state index in [1.54, 1.807) is 12.5 Å². The first-order chi connectivity index (χ1) is 27.0. The predicted octanol–water partition coefficient (Wildman–Crippen LogP) is -13.5. The normalized spacial score (nSPS) is 28.0. The van der Waals surface area contributed by atoms with Crippen LogP contribution in [0.25, 0.3) is 22.3 Å². The smallest absolute Gasteiger partial charge is 0.779 e. The third-order valence-corrected chi connectivity index (χ3v) is 19.6. The number of halogens is 1. The van der Waals surface area contributed by atoms with Crippen molar-refractivity contribution in [1.29, 1.82) is 0 Å². The van der Waals surface area contributed by atoms with Crippen LogP contribution in [0.2, 0.25) is 0 Å². The zero-order valence-corrected chi connectivity index (χ0v) is 48.6. The van der Waals surface area contributed by atoms with Gasteiger partial charge in [-0.1, -0.05) is 35.3 Å². The van der Waals surface area contributed by atoms with Crippen LogP contribution in [0, 0.1) is 0 Å². The molecule has 0 radical (unpaired) electrons. The van der Waals surface area contributed by atoms with E-state index in [9.17, 15) is 48.8 Å². The number of alkyl halides is 1. The molecule has 6 heterocycles. The minimum Gasteiger partial charge on any atom is -0.779 e. The molecular formula is C23H29ClN10Na4O16P4S4. The van der Waals surface area contributed by atoms with Gasteiger partial charge in [0.15, 0.2) is 65.7 Å². The second kappa shape index (κ2) is 24.3. The van der Waals surface area contributed by atoms with Gasteiger partial charge in [-0.25, -0.2) is 29.9 Å². The molecule has 0 bridgehead atoms. The number of hydrogen-bond donors (Lipinski definition) is 6. The zero-order chi connectivity index (χ0) is 42.7. The number of fused-ring (bicyclic) bond motifs is 2. The molecule has 4 aromatic rings. The van der Waals surface area contributed by atoms with Gasteiger partial charge in [-0.15, -0.1) is 11.6 Å². The van der Waals surface area contributed by atoms with Gasteiger partial charge < -0.3 is 86.5 Å². The quantitative estimate of drug-likeness (QED) is 0.0151. The Labute approximate surface area is 463 Å². The van der Waals surface area contributed by atoms with E-state index in [4.69, 9.17) is 41.6 Å². The van der Waals surface area contributed by atoms with Crippen molar-refractivity contribution in [3.8, 4) is 0 Å². The van der Waals surface area contributed by atoms with Gasteiger partial charge in [0.25, 0.3) is 0 Å². The third kappa shape index (κ3) is 13.6. The second-order valence-corrected chi connectivity index (χ2v) is 24.5. The summed E-state index contributed by atoms with van der Waals surface area (Å²) in [5, 5.41) is 43.1. The number of aliphatic hydroxyl groups is 4. The van der Waals surface area contributed by atoms with Crippen molar-refractivity contribution >= 4 is 122 Å². The SMILES string of the molecule is CSc1nc(N)c2ncn([C@@H]3O[C@H](COP(=O)([S-])OP(=O)([O-])C(Cl)P(=O)([O-])OP([O-])(=S)OC[C@H]4O[C@@H](n5cnc6c(N)nc(SC)nc65)[C@H](O)[C@@H]4O)[C@@H](O)[C@H]3O)c2n1.[Na+].[Na+].[Na+].[Na+]. The Morgan fingerprint density at radius 3 is 1.56 bits per heavy atom. The van der Waals surface area contributed by atoms with E-state index in [1.807, 2.05) is 0 Å². The average molecular weight is 1080 g/mol. The number of nitrogens with zero attached hydrogens (tertiary/aromatic N) is 8. The molecule has 0 saturated carbocycles. The molecule has 2 fully saturated rings. The van der Waals surface area contributed by atoms with Crippen LogP contribution in [0.1, 0.15) is 12.5 Å². The van der Waals surface area contributed by atoms with Crippen LogP contribution in [0.3, 0.4) is 0 Å². The Morgan fingerprint density at radius 2 is 1.16 bits per heavy atom. The van der Waals surface area contributed by atoms with Gasteiger partial charge in [-0.2, -0.15) is 0 Å². The fourth-order valence-electron chi connectivity index (χ4n) is 5.49. The summed E-state index contributed by atoms with van der Waals surface area (Å²) in [6, 6.07) is 0. The van der Waals surface area contributed by atoms with Crippen molar-refractivity contribution in [1.82, 2.24) is 39.0 Å². The number of aliphatic hydroxyl groups excluding tert-OH is 4. The van der Waals surface area contributed by atoms with Crippen LogP contribution < -0.4 is 144 Å². The molecule has 8 N–H and O–H groups in total. The first-order valence-corrected chi connectivity index (χ1v) is 26.9. The van der Waals surface area contributed by atoms with Gasteiger partial charge in [0.2, 0.25) is 6.80 Å². The number of rotatable bonds is 16. The maximum absolute atomic E-state index is 12.9. The van der Waals surface area contributed by atoms with Crippen molar-refractivity contribution in [2.75, 3.05) is 37.2 Å². The average Bonchev–Trinajstić information content (AvgIpc) is 3.90. The van der Waals surface area contributed by atoms with E-state index in [0.29, 0.717) is 0 Å². The minimum absolute atomic E-state index is 0. The monoisotopic (exact) mass is 1080 g/mol. The summed E-state index contributed by atoms with van der Waals surface area (Å²) in [7, 11) is -12.3. The van der Waals surface area contributed by atoms with Crippen molar-refractivity contribution < 1.29 is 194 Å². The number of anilines is 2. The topological polar surface area (TPSA) is 396 Å². The summed E-state index contributed by atoms with van der Waals surface area (Å²) >= 11 is 17.1. The Morgan fingerprint density at radius 1 is 0.774 bits per heavy atom. The summed E-state index contributed by atoms with van der Waals surface area (Å²) in [6.07, 6.45) is -6.96. The van der Waals surface area contributed by atoms with Gasteiger partial charge in [0, 0.05) is 0 Å². The fourth-order valence-corrected chi connectivity index (χ4v) is 14.9. The molecule has 0 aliphatic carbocycles. The van der Waals surface area contributed by atoms with Gasteiger partial charge in [0.1, 0.15) is 54.4 Å². The molecule has 26 nitrogen and oxygen atoms in total. The number of thioether (sulfide) groups is 2. The van der Waals surface area contributed by atoms with Crippen LogP contribution in [-0.2, 0) is 64.9 Å². The largest absolute Gasteiger partial charge is 1.00 e. The van der Waals surface area contributed by atoms with Crippen LogP contribution >= 0.6 is 63.8 Å². The molecular weight excluding hydrogens is 1050 g/mol. The first-order valence-electron chi connectivity index (χ1n) is 15.7. The maximum Gasteiger partial charge on any atom is 1.00 e. The van der Waals surface area contributed by atoms with Crippen molar-refractivity contribution in [2.24, 2.45) is 0 Å². The Bertz CT molecular complexity index is 2250. The third-order valence-electron chi connectivity index (χ3n) is 8.19. The van der Waals surface area contributed by atoms with Gasteiger partial charge in [-0.05, 0) is 12.5 Å². The molecule has 6 rings (SSSR count). The second-order valence-electron chi connectivity index (χ2n) is 12.0. The molecule has 322 valence electrons. The minimum atomic E-state index is -6.14. The van der Waals surface area contributed by atoms with Crippen molar-refractivity contribution in [3.05, 3.63) is 12.7 Å². The summed E-state index contributed by atoms with van der Waals surface area (Å²) in [4.78, 5) is 60.1. The Balaban J connectivity index is 0.00000331. The van der Waals surface area contributed by atoms with Crippen LogP contribution in [0.15, 0.2) is 23.0 Å². The van der Waals surface area contributed by atoms with Gasteiger partial charge in [-0.3, -0.25) is 22.3 Å². The summed E-state index contributed by atoms with van der Waals surface area (Å²) in [6.45, 7) is -12.5. The molecule has 2 saturated heterocycles. The predicted molar refractivity (Wildman–Crippen MR) is 203 cm³/mol. The molecule has 0 aromatic carbocycles. The molecule has 2 aliphatic heterocycles. The summed E-state index contributed by atoms with van der Waals surface area (Å²) in [5.74, 6) is 0.0325. The van der Waals surface area contributed by atoms with Crippen molar-refractivity contribution in [2.45, 2.75) is 64.3 Å². The number of imidazole rings is 2. The Kier molecular flexibility index (Phi) is 23.9. The van der Waals surface area contributed by atoms with Crippen LogP contribution in [0.5, 0.6) is 0 Å². The molecule has 39 heteroatoms. The van der Waals surface area contributed by atoms with E-state index in [0.717, 1.165) is 23.5 Å². The first kappa shape index (κ1) is 61.0. The molecule has 0 spiro atoms. The van der Waals surface area contributed by atoms with E-state index < -0.39 is 95.9 Å². The van der Waals surface area contributed by atoms with Crippen LogP contribution in [0.4, 0.5) is 11.6 Å². The summed E-state index contributed by atoms with van der Waals surface area (Å²) < 4.78 is 70.6. The Hall–Kier alpha value is 2.86. The number of nitrogen functional groups attached to an aromatic ring is 2. The molecule has 2 aliphatic rings. The van der Waals surface area contributed by atoms with E-state index in [1.165, 1.54) is 21.8 Å². The zero-order valence-electron chi connectivity index (χ0n) is 33.0.